The maximum absolute atomic E-state index is 14.2. The molecule has 7 nitrogen and oxygen atoms in total. The van der Waals surface area contributed by atoms with Crippen LogP contribution < -0.4 is 9.62 Å². The molecule has 0 aliphatic heterocycles. The van der Waals surface area contributed by atoms with Gasteiger partial charge in [-0.15, -0.1) is 0 Å². The summed E-state index contributed by atoms with van der Waals surface area (Å²) in [6.45, 7) is 5.18. The second-order valence-electron chi connectivity index (χ2n) is 10.8. The highest BCUT2D eigenvalue weighted by Crippen LogP contribution is 2.27. The number of carbonyl (C=O) groups is 2. The van der Waals surface area contributed by atoms with Gasteiger partial charge in [0.15, 0.2) is 0 Å². The van der Waals surface area contributed by atoms with Crippen molar-refractivity contribution in [1.82, 2.24) is 10.2 Å². The van der Waals surface area contributed by atoms with E-state index in [0.717, 1.165) is 41.1 Å². The molecule has 1 fully saturated rings. The minimum atomic E-state index is -4.12. The van der Waals surface area contributed by atoms with Gasteiger partial charge in [0.05, 0.1) is 20.6 Å². The summed E-state index contributed by atoms with van der Waals surface area (Å²) in [5, 5.41) is 3.81. The number of nitrogens with one attached hydrogen (secondary N) is 1. The van der Waals surface area contributed by atoms with Crippen molar-refractivity contribution >= 4 is 50.7 Å². The fraction of sp³-hybridized carbons (Fsp3) is 0.375. The highest BCUT2D eigenvalue weighted by atomic mass is 35.5. The quantitative estimate of drug-likeness (QED) is 0.256. The SMILES string of the molecule is CC[C@H](C(=O)NC1CCCC1)N(Cc1ccc(Cl)c(Cl)c1)C(=O)CN(c1ccc(C)cc1)S(=O)(=O)c1ccc(C)cc1. The standard InChI is InChI=1S/C32H37Cl2N3O4S/c1-4-30(32(39)35-25-7-5-6-8-25)36(20-24-13-18-28(33)29(34)19-24)31(38)21-37(26-14-9-22(2)10-15-26)42(40,41)27-16-11-23(3)12-17-27/h9-19,25,30H,4-8,20-21H2,1-3H3,(H,35,39)/t30-/m1/s1. The van der Waals surface area contributed by atoms with Gasteiger partial charge in [-0.1, -0.05) is 84.4 Å². The second-order valence-corrected chi connectivity index (χ2v) is 13.5. The van der Waals surface area contributed by atoms with E-state index < -0.39 is 28.5 Å². The molecule has 1 atom stereocenters. The van der Waals surface area contributed by atoms with E-state index in [1.54, 1.807) is 54.6 Å². The van der Waals surface area contributed by atoms with Crippen LogP contribution in [-0.2, 0) is 26.2 Å². The molecular weight excluding hydrogens is 593 g/mol. The molecule has 0 radical (unpaired) electrons. The van der Waals surface area contributed by atoms with Crippen LogP contribution in [0.25, 0.3) is 0 Å². The summed E-state index contributed by atoms with van der Waals surface area (Å²) in [6.07, 6.45) is 4.25. The third-order valence-corrected chi connectivity index (χ3v) is 10.2. The van der Waals surface area contributed by atoms with Crippen molar-refractivity contribution in [2.45, 2.75) is 76.4 Å². The van der Waals surface area contributed by atoms with Crippen LogP contribution in [0.2, 0.25) is 10.0 Å². The van der Waals surface area contributed by atoms with E-state index in [1.165, 1.54) is 17.0 Å². The summed E-state index contributed by atoms with van der Waals surface area (Å²) in [5.74, 6) is -0.758. The number of carbonyl (C=O) groups excluding carboxylic acids is 2. The molecule has 2 amide bonds. The van der Waals surface area contributed by atoms with Gasteiger partial charge in [0, 0.05) is 12.6 Å². The lowest BCUT2D eigenvalue weighted by molar-refractivity contribution is -0.140. The van der Waals surface area contributed by atoms with Crippen LogP contribution in [-0.4, -0.2) is 43.8 Å². The van der Waals surface area contributed by atoms with Crippen molar-refractivity contribution in [2.24, 2.45) is 0 Å². The van der Waals surface area contributed by atoms with E-state index >= 15 is 0 Å². The zero-order valence-corrected chi connectivity index (χ0v) is 26.5. The lowest BCUT2D eigenvalue weighted by Crippen LogP contribution is -2.53. The fourth-order valence-electron chi connectivity index (χ4n) is 5.20. The zero-order chi connectivity index (χ0) is 30.4. The van der Waals surface area contributed by atoms with Gasteiger partial charge < -0.3 is 10.2 Å². The van der Waals surface area contributed by atoms with Crippen molar-refractivity contribution in [1.29, 1.82) is 0 Å². The van der Waals surface area contributed by atoms with Gasteiger partial charge in [0.25, 0.3) is 10.0 Å². The highest BCUT2D eigenvalue weighted by Gasteiger charge is 2.34. The molecule has 4 rings (SSSR count). The Kier molecular flexibility index (Phi) is 10.6. The molecule has 0 spiro atoms. The Labute approximate surface area is 258 Å². The maximum atomic E-state index is 14.2. The Bertz CT molecular complexity index is 1510. The van der Waals surface area contributed by atoms with Gasteiger partial charge in [0.2, 0.25) is 11.8 Å². The largest absolute Gasteiger partial charge is 0.352 e. The smallest absolute Gasteiger partial charge is 0.264 e. The Morgan fingerprint density at radius 1 is 0.905 bits per heavy atom. The lowest BCUT2D eigenvalue weighted by Gasteiger charge is -2.34. The summed E-state index contributed by atoms with van der Waals surface area (Å²) in [5.41, 5.74) is 2.90. The molecule has 1 saturated carbocycles. The second kappa shape index (κ2) is 13.9. The molecule has 224 valence electrons. The van der Waals surface area contributed by atoms with Crippen LogP contribution in [0.3, 0.4) is 0 Å². The first-order chi connectivity index (χ1) is 20.0. The predicted octanol–water partition coefficient (Wildman–Crippen LogP) is 6.67. The third kappa shape index (κ3) is 7.65. The zero-order valence-electron chi connectivity index (χ0n) is 24.1. The number of halogens is 2. The topological polar surface area (TPSA) is 86.8 Å². The Balaban J connectivity index is 1.72. The van der Waals surface area contributed by atoms with E-state index in [1.807, 2.05) is 20.8 Å². The number of benzene rings is 3. The highest BCUT2D eigenvalue weighted by molar-refractivity contribution is 7.92. The van der Waals surface area contributed by atoms with Gasteiger partial charge in [0.1, 0.15) is 12.6 Å². The summed E-state index contributed by atoms with van der Waals surface area (Å²) < 4.78 is 29.1. The molecule has 0 unspecified atom stereocenters. The molecule has 0 saturated heterocycles. The fourth-order valence-corrected chi connectivity index (χ4v) is 6.93. The van der Waals surface area contributed by atoms with E-state index in [4.69, 9.17) is 23.2 Å². The molecule has 3 aromatic rings. The van der Waals surface area contributed by atoms with Crippen LogP contribution in [0, 0.1) is 13.8 Å². The first-order valence-electron chi connectivity index (χ1n) is 14.2. The lowest BCUT2D eigenvalue weighted by atomic mass is 10.1. The van der Waals surface area contributed by atoms with E-state index in [2.05, 4.69) is 5.32 Å². The molecule has 0 aromatic heterocycles. The number of aryl methyl sites for hydroxylation is 2. The van der Waals surface area contributed by atoms with Crippen LogP contribution in [0.1, 0.15) is 55.7 Å². The molecular formula is C32H37Cl2N3O4S. The van der Waals surface area contributed by atoms with E-state index in [9.17, 15) is 18.0 Å². The molecule has 10 heteroatoms. The molecule has 0 heterocycles. The van der Waals surface area contributed by atoms with Crippen LogP contribution in [0.5, 0.6) is 0 Å². The average Bonchev–Trinajstić information content (AvgIpc) is 3.47. The normalized spacial score (nSPS) is 14.4. The molecule has 1 N–H and O–H groups in total. The van der Waals surface area contributed by atoms with Gasteiger partial charge in [-0.3, -0.25) is 13.9 Å². The van der Waals surface area contributed by atoms with Crippen molar-refractivity contribution in [3.05, 3.63) is 93.5 Å². The molecule has 1 aliphatic carbocycles. The third-order valence-electron chi connectivity index (χ3n) is 7.63. The number of amides is 2. The van der Waals surface area contributed by atoms with Gasteiger partial charge >= 0.3 is 0 Å². The number of hydrogen-bond donors (Lipinski definition) is 1. The summed E-state index contributed by atoms with van der Waals surface area (Å²) in [7, 11) is -4.12. The molecule has 3 aromatic carbocycles. The first kappa shape index (κ1) is 31.9. The van der Waals surface area contributed by atoms with Gasteiger partial charge in [-0.05, 0) is 75.1 Å². The summed E-state index contributed by atoms with van der Waals surface area (Å²) in [4.78, 5) is 29.3. The van der Waals surface area contributed by atoms with Crippen molar-refractivity contribution < 1.29 is 18.0 Å². The number of rotatable bonds is 11. The minimum absolute atomic E-state index is 0.0542. The number of nitrogens with zero attached hydrogens (tertiary/aromatic N) is 2. The minimum Gasteiger partial charge on any atom is -0.352 e. The van der Waals surface area contributed by atoms with Crippen LogP contribution >= 0.6 is 23.2 Å². The van der Waals surface area contributed by atoms with E-state index in [0.29, 0.717) is 27.7 Å². The molecule has 0 bridgehead atoms. The number of anilines is 1. The monoisotopic (exact) mass is 629 g/mol. The first-order valence-corrected chi connectivity index (χ1v) is 16.4. The molecule has 42 heavy (non-hydrogen) atoms. The number of sulfonamides is 1. The van der Waals surface area contributed by atoms with Gasteiger partial charge in [-0.25, -0.2) is 8.42 Å². The molecule has 1 aliphatic rings. The van der Waals surface area contributed by atoms with Crippen LogP contribution in [0.4, 0.5) is 5.69 Å². The Morgan fingerprint density at radius 3 is 2.07 bits per heavy atom. The van der Waals surface area contributed by atoms with Crippen LogP contribution in [0.15, 0.2) is 71.6 Å². The number of hydrogen-bond acceptors (Lipinski definition) is 4. The maximum Gasteiger partial charge on any atom is 0.264 e. The summed E-state index contributed by atoms with van der Waals surface area (Å²) >= 11 is 12.4. The average molecular weight is 631 g/mol. The summed E-state index contributed by atoms with van der Waals surface area (Å²) in [6, 6.07) is 17.8. The Morgan fingerprint density at radius 2 is 1.50 bits per heavy atom. The van der Waals surface area contributed by atoms with Crippen molar-refractivity contribution in [2.75, 3.05) is 10.8 Å². The van der Waals surface area contributed by atoms with Gasteiger partial charge in [-0.2, -0.15) is 0 Å². The van der Waals surface area contributed by atoms with Crippen molar-refractivity contribution in [3.63, 3.8) is 0 Å². The Hall–Kier alpha value is -3.07. The van der Waals surface area contributed by atoms with E-state index in [-0.39, 0.29) is 23.4 Å². The van der Waals surface area contributed by atoms with Crippen molar-refractivity contribution in [3.8, 4) is 0 Å². The predicted molar refractivity (Wildman–Crippen MR) is 168 cm³/mol.